The van der Waals surface area contributed by atoms with Gasteiger partial charge in [0.25, 0.3) is 13.9 Å². The third-order valence-electron chi connectivity index (χ3n) is 16.8. The number of rotatable bonds is 9. The number of amides is 1. The molecule has 9 N–H and O–H groups in total. The minimum absolute atomic E-state index is 0.0543. The van der Waals surface area contributed by atoms with Crippen LogP contribution in [0, 0.1) is 41.5 Å². The number of carboxylic acid groups (broad SMARTS) is 1. The number of aromatic amines is 2. The topological polar surface area (TPSA) is 307 Å². The Labute approximate surface area is 534 Å². The molecule has 0 aliphatic heterocycles. The van der Waals surface area contributed by atoms with Crippen molar-refractivity contribution in [3.63, 3.8) is 0 Å². The number of benzene rings is 4. The lowest BCUT2D eigenvalue weighted by atomic mass is 9.84. The van der Waals surface area contributed by atoms with E-state index in [0.717, 1.165) is 138 Å². The van der Waals surface area contributed by atoms with Crippen molar-refractivity contribution in [1.29, 1.82) is 1.34 Å². The van der Waals surface area contributed by atoms with E-state index in [1.54, 1.807) is 26.4 Å². The van der Waals surface area contributed by atoms with Crippen molar-refractivity contribution in [2.24, 2.45) is 5.73 Å². The molecular formula is C70H88BN10O10. The average molecular weight is 1240 g/mol. The van der Waals surface area contributed by atoms with Crippen LogP contribution in [-0.2, 0) is 10.8 Å². The lowest BCUT2D eigenvalue weighted by molar-refractivity contribution is 0.0696. The summed E-state index contributed by atoms with van der Waals surface area (Å²) in [4.78, 5) is 51.6. The lowest BCUT2D eigenvalue weighted by Crippen LogP contribution is -2.38. The largest absolute Gasteiger partial charge is 0.496 e. The fourth-order valence-corrected chi connectivity index (χ4v) is 12.0. The molecular weight excluding hydrogens is 1150 g/mol. The monoisotopic (exact) mass is 1240 g/mol. The summed E-state index contributed by atoms with van der Waals surface area (Å²) in [6.45, 7) is 27.9. The number of carboxylic acids is 1. The molecule has 0 unspecified atom stereocenters. The number of carbonyl (C=O) groups excluding carboxylic acids is 1. The van der Waals surface area contributed by atoms with Crippen LogP contribution in [0.2, 0.25) is 0 Å². The van der Waals surface area contributed by atoms with Crippen molar-refractivity contribution in [3.8, 4) is 56.3 Å². The number of aryl methyl sites for hydroxylation is 6. The third kappa shape index (κ3) is 15.0. The first-order valence-corrected chi connectivity index (χ1v) is 31.1. The predicted molar refractivity (Wildman–Crippen MR) is 359 cm³/mol. The molecule has 10 aromatic rings. The van der Waals surface area contributed by atoms with Crippen LogP contribution in [-0.4, -0.2) is 120 Å². The molecule has 2 aliphatic carbocycles. The molecule has 12 rings (SSSR count). The Morgan fingerprint density at radius 3 is 1.37 bits per heavy atom. The molecule has 1 amide bonds. The van der Waals surface area contributed by atoms with Crippen LogP contribution in [0.3, 0.4) is 0 Å². The van der Waals surface area contributed by atoms with Gasteiger partial charge in [-0.1, -0.05) is 65.7 Å². The molecule has 1 radical (unpaired) electrons. The van der Waals surface area contributed by atoms with E-state index >= 15 is 0 Å². The number of nitrogens with one attached hydrogen (secondary N) is 3. The highest BCUT2D eigenvalue weighted by molar-refractivity contribution is 6.15. The second kappa shape index (κ2) is 28.3. The van der Waals surface area contributed by atoms with Gasteiger partial charge in [0.05, 0.1) is 76.7 Å². The third-order valence-corrected chi connectivity index (χ3v) is 16.8. The van der Waals surface area contributed by atoms with Crippen LogP contribution < -0.4 is 20.5 Å². The number of hydrogen-bond acceptors (Lipinski definition) is 16. The molecule has 2 aliphatic rings. The van der Waals surface area contributed by atoms with Gasteiger partial charge in [-0.25, -0.2) is 24.7 Å². The van der Waals surface area contributed by atoms with Crippen LogP contribution >= 0.6 is 0 Å². The minimum atomic E-state index is -0.978. The van der Waals surface area contributed by atoms with E-state index in [1.807, 2.05) is 97.9 Å². The molecule has 0 atom stereocenters. The number of aromatic nitrogens is 8. The van der Waals surface area contributed by atoms with Gasteiger partial charge in [-0.2, -0.15) is 0 Å². The highest BCUT2D eigenvalue weighted by atomic mass is 16.5. The average Bonchev–Trinajstić information content (AvgIpc) is 1.57. The molecule has 0 saturated heterocycles. The lowest BCUT2D eigenvalue weighted by Gasteiger charge is -2.27. The van der Waals surface area contributed by atoms with Gasteiger partial charge in [0.1, 0.15) is 46.0 Å². The summed E-state index contributed by atoms with van der Waals surface area (Å²) >= 11 is 0. The van der Waals surface area contributed by atoms with Crippen molar-refractivity contribution < 1.29 is 48.5 Å². The summed E-state index contributed by atoms with van der Waals surface area (Å²) < 4.78 is 28.2. The van der Waals surface area contributed by atoms with E-state index < -0.39 is 5.97 Å². The molecule has 21 heteroatoms. The smallest absolute Gasteiger partial charge is 0.335 e. The highest BCUT2D eigenvalue weighted by Gasteiger charge is 2.28. The molecule has 0 bridgehead atoms. The molecule has 4 aromatic carbocycles. The van der Waals surface area contributed by atoms with Crippen LogP contribution in [0.15, 0.2) is 69.7 Å². The Kier molecular flexibility index (Phi) is 20.8. The van der Waals surface area contributed by atoms with E-state index in [1.165, 1.54) is 0 Å². The summed E-state index contributed by atoms with van der Waals surface area (Å²) in [6.07, 6.45) is 6.44. The van der Waals surface area contributed by atoms with E-state index in [2.05, 4.69) is 78.2 Å². The van der Waals surface area contributed by atoms with Crippen molar-refractivity contribution in [2.75, 3.05) is 14.2 Å². The van der Waals surface area contributed by atoms with E-state index in [4.69, 9.17) is 50.7 Å². The zero-order valence-corrected chi connectivity index (χ0v) is 55.3. The Morgan fingerprint density at radius 1 is 0.615 bits per heavy atom. The number of nitrogens with zero attached hydrogens (tertiary/aromatic N) is 6. The Balaban J connectivity index is 0.000000200. The first kappa shape index (κ1) is 66.9. The number of ether oxygens (including phenoxy) is 2. The number of aromatic carboxylic acids is 1. The molecule has 0 spiro atoms. The van der Waals surface area contributed by atoms with Gasteiger partial charge in [-0.3, -0.25) is 4.79 Å². The molecule has 6 aromatic heterocycles. The van der Waals surface area contributed by atoms with Crippen LogP contribution in [0.1, 0.15) is 173 Å². The number of aliphatic hydroxyl groups is 2. The van der Waals surface area contributed by atoms with Crippen LogP contribution in [0.5, 0.6) is 11.5 Å². The zero-order valence-electron chi connectivity index (χ0n) is 56.3. The van der Waals surface area contributed by atoms with Gasteiger partial charge < -0.3 is 59.9 Å². The number of carbonyl (C=O) groups is 2. The van der Waals surface area contributed by atoms with Gasteiger partial charge in [-0.15, -0.1) is 0 Å². The molecule has 6 heterocycles. The molecule has 20 nitrogen and oxygen atoms in total. The fourth-order valence-electron chi connectivity index (χ4n) is 12.0. The normalized spacial score (nSPS) is 16.7. The zero-order chi connectivity index (χ0) is 67.3. The summed E-state index contributed by atoms with van der Waals surface area (Å²) in [7, 11) is 3.54. The van der Waals surface area contributed by atoms with Crippen molar-refractivity contribution >= 4 is 63.8 Å². The number of methoxy groups -OCH3 is 2. The SMILES string of the molecule is CC.COc1cc2c(cc1-c1c(C)noc1C)[nH]c1nc(C)nc(-c3cc(C(=O)NC4CCC(O)CC4)cc(C(C)(C)C)c3)c12.COc1cc2c(cc1-c1c(C)noc1C)[nH]c1nc(C)nc(-c3cc(C(=O)O)cc(C(C)(C)C)c3)c12.NC1CCC(O)CC1.[3H][B]O. The molecule has 2 saturated carbocycles. The predicted octanol–water partition coefficient (Wildman–Crippen LogP) is 13.1. The molecule has 2 fully saturated rings. The van der Waals surface area contributed by atoms with E-state index in [-0.39, 0.29) is 48.6 Å². The number of nitrogens with two attached hydrogens (primary N) is 1. The maximum Gasteiger partial charge on any atom is 0.335 e. The van der Waals surface area contributed by atoms with Gasteiger partial charge in [-0.05, 0) is 176 Å². The van der Waals surface area contributed by atoms with Crippen LogP contribution in [0.4, 0.5) is 0 Å². The van der Waals surface area contributed by atoms with Gasteiger partial charge >= 0.3 is 5.97 Å². The second-order valence-corrected chi connectivity index (χ2v) is 25.5. The Hall–Kier alpha value is -8.50. The number of H-pyrrole nitrogens is 2. The number of hydrogen-bond donors (Lipinski definition) is 8. The van der Waals surface area contributed by atoms with Crippen molar-refractivity contribution in [3.05, 3.63) is 117 Å². The maximum atomic E-state index is 13.6. The number of fused-ring (bicyclic) bond motifs is 6. The summed E-state index contributed by atoms with van der Waals surface area (Å²) in [5.41, 5.74) is 19.1. The molecule has 91 heavy (non-hydrogen) atoms. The highest BCUT2D eigenvalue weighted by Crippen LogP contribution is 2.44. The van der Waals surface area contributed by atoms with E-state index in [9.17, 15) is 19.8 Å². The Morgan fingerprint density at radius 2 is 1.01 bits per heavy atom. The van der Waals surface area contributed by atoms with Crippen molar-refractivity contribution in [1.82, 2.24) is 45.5 Å². The van der Waals surface area contributed by atoms with Crippen molar-refractivity contribution in [2.45, 2.75) is 183 Å². The summed E-state index contributed by atoms with van der Waals surface area (Å²) in [5.74, 6) is 2.90. The quantitative estimate of drug-likeness (QED) is 0.0623. The molecule has 481 valence electrons. The standard InChI is InChI=1S/C34H39N5O4.C28H28N4O4.C6H13NO.C2H6.BH2O/c1-17-29(18(2)43-39-17)26-15-27-25(16-28(26)42-7)30-31(35-19(3)36-32(30)38-27)20-12-21(14-22(13-20)34(4,5)6)33(41)37-23-8-10-24(40)11-9-23;1-13-23(14(2)36-32-13)20-11-21-19(12-22(20)35-7)24-25(29-15(3)30-26(24)31-21)16-8-17(27(33)34)10-18(9-16)28(4,5)6;7-5-1-3-6(8)4-2-5;2*1-2/h12-16,23-24,40H,8-11H2,1-7H3,(H,37,41)(H,35,36,38);8-12H,1-7H3,(H,33,34)(H,29,30,31);5-6,8H,1-4,7H2;1-2H3;1-2H/i;;;;1T. The summed E-state index contributed by atoms with van der Waals surface area (Å²) in [5, 5.41) is 50.7. The van der Waals surface area contributed by atoms with Crippen LogP contribution in [0.25, 0.3) is 88.6 Å². The second-order valence-electron chi connectivity index (χ2n) is 25.5. The van der Waals surface area contributed by atoms with Gasteiger partial charge in [0.15, 0.2) is 0 Å². The maximum absolute atomic E-state index is 13.6. The first-order valence-electron chi connectivity index (χ1n) is 31.6. The number of aliphatic hydroxyl groups excluding tert-OH is 2. The fraction of sp³-hybridized carbons (Fsp3) is 0.429. The Bertz CT molecular complexity index is 4230. The van der Waals surface area contributed by atoms with E-state index in [0.29, 0.717) is 70.3 Å². The first-order chi connectivity index (χ1) is 43.6. The summed E-state index contributed by atoms with van der Waals surface area (Å²) in [6, 6.07) is 19.9. The van der Waals surface area contributed by atoms with Gasteiger partial charge in [0.2, 0.25) is 0 Å². The minimum Gasteiger partial charge on any atom is -0.496 e. The van der Waals surface area contributed by atoms with Gasteiger partial charge in [0, 0.05) is 63.0 Å².